The Morgan fingerprint density at radius 2 is 1.65 bits per heavy atom. The van der Waals surface area contributed by atoms with Crippen LogP contribution in [0.5, 0.6) is 0 Å². The molecule has 226 valence electrons. The summed E-state index contributed by atoms with van der Waals surface area (Å²) in [6.45, 7) is 12.7. The second-order valence-electron chi connectivity index (χ2n) is 15.7. The highest BCUT2D eigenvalue weighted by molar-refractivity contribution is 7.80. The van der Waals surface area contributed by atoms with Crippen LogP contribution in [-0.4, -0.2) is 16.9 Å². The van der Waals surface area contributed by atoms with E-state index in [1.54, 1.807) is 5.57 Å². The van der Waals surface area contributed by atoms with Crippen molar-refractivity contribution in [2.24, 2.45) is 51.4 Å². The number of hydrogen-bond acceptors (Lipinski definition) is 2. The third kappa shape index (κ3) is 6.37. The fourth-order valence-corrected chi connectivity index (χ4v) is 10.7. The van der Waals surface area contributed by atoms with Gasteiger partial charge in [0.2, 0.25) is 0 Å². The monoisotopic (exact) mass is 567 g/mol. The van der Waals surface area contributed by atoms with Gasteiger partial charge in [0.1, 0.15) is 0 Å². The van der Waals surface area contributed by atoms with E-state index in [9.17, 15) is 0 Å². The summed E-state index contributed by atoms with van der Waals surface area (Å²) >= 11 is 5.84. The zero-order valence-electron chi connectivity index (χ0n) is 26.7. The van der Waals surface area contributed by atoms with Gasteiger partial charge in [-0.1, -0.05) is 98.0 Å². The van der Waals surface area contributed by atoms with Gasteiger partial charge in [-0.05, 0) is 117 Å². The molecule has 2 N–H and O–H groups in total. The Bertz CT molecular complexity index is 930. The summed E-state index contributed by atoms with van der Waals surface area (Å²) in [6.07, 6.45) is 27.0. The van der Waals surface area contributed by atoms with Crippen molar-refractivity contribution in [2.75, 3.05) is 0 Å². The van der Waals surface area contributed by atoms with E-state index in [1.807, 2.05) is 0 Å². The summed E-state index contributed by atoms with van der Waals surface area (Å²) in [5, 5.41) is 9.61. The highest BCUT2D eigenvalue weighted by Crippen LogP contribution is 2.66. The predicted octanol–water partition coefficient (Wildman–Crippen LogP) is 9.96. The molecule has 0 aliphatic heterocycles. The van der Waals surface area contributed by atoms with Gasteiger partial charge < -0.3 is 5.32 Å². The van der Waals surface area contributed by atoms with Crippen molar-refractivity contribution in [3.05, 3.63) is 11.6 Å². The molecule has 4 saturated carbocycles. The van der Waals surface area contributed by atoms with Crippen LogP contribution in [0.3, 0.4) is 0 Å². The third-order valence-electron chi connectivity index (χ3n) is 12.8. The van der Waals surface area contributed by atoms with E-state index in [-0.39, 0.29) is 0 Å². The van der Waals surface area contributed by atoms with Crippen molar-refractivity contribution in [3.8, 4) is 0 Å². The first-order chi connectivity index (χ1) is 19.2. The van der Waals surface area contributed by atoms with Gasteiger partial charge in [-0.2, -0.15) is 5.10 Å². The SMILES string of the molecule is CC(C)CCC[C@@H](C)[C@H]1CC[C@H]2[C@@H]3/C(=N/NC(=S)NC4CCCCCCC4)C=C4CCCC[C@]4(C)[C@H]3CC[C@]12C. The van der Waals surface area contributed by atoms with Crippen LogP contribution in [-0.2, 0) is 0 Å². The van der Waals surface area contributed by atoms with Crippen LogP contribution in [0.25, 0.3) is 0 Å². The average Bonchev–Trinajstić information content (AvgIpc) is 3.25. The molecule has 5 aliphatic rings. The standard InChI is InChI=1S/C36H61N3S/c1-25(2)14-13-15-26(3)29-19-20-30-33-31(21-23-36(29,30)5)35(4)22-12-11-16-27(35)24-32(33)38-39-34(40)37-28-17-9-7-6-8-10-18-28/h24-26,28-31,33H,6-23H2,1-5H3,(H2,37,39,40)/b38-32+/t26-,29-,30+,31+,33+,35+,36-/m1/s1. The molecule has 0 aromatic carbocycles. The molecular formula is C36H61N3S. The van der Waals surface area contributed by atoms with Crippen LogP contribution >= 0.6 is 12.2 Å². The van der Waals surface area contributed by atoms with E-state index in [0.29, 0.717) is 22.8 Å². The summed E-state index contributed by atoms with van der Waals surface area (Å²) in [5.74, 6) is 4.61. The molecule has 0 aromatic heterocycles. The molecule has 0 radical (unpaired) electrons. The number of nitrogens with one attached hydrogen (secondary N) is 2. The Morgan fingerprint density at radius 3 is 2.40 bits per heavy atom. The molecule has 4 heteroatoms. The van der Waals surface area contributed by atoms with E-state index in [4.69, 9.17) is 17.3 Å². The summed E-state index contributed by atoms with van der Waals surface area (Å²) in [5.41, 5.74) is 7.27. The fourth-order valence-electron chi connectivity index (χ4n) is 10.5. The summed E-state index contributed by atoms with van der Waals surface area (Å²) in [4.78, 5) is 0. The summed E-state index contributed by atoms with van der Waals surface area (Å²) in [7, 11) is 0. The van der Waals surface area contributed by atoms with Crippen LogP contribution in [0.1, 0.15) is 150 Å². The van der Waals surface area contributed by atoms with Crippen molar-refractivity contribution in [1.29, 1.82) is 0 Å². The molecule has 4 fully saturated rings. The summed E-state index contributed by atoms with van der Waals surface area (Å²) < 4.78 is 0. The number of fused-ring (bicyclic) bond motifs is 5. The highest BCUT2D eigenvalue weighted by Gasteiger charge is 2.60. The molecule has 0 aromatic rings. The second-order valence-corrected chi connectivity index (χ2v) is 16.1. The highest BCUT2D eigenvalue weighted by atomic mass is 32.1. The van der Waals surface area contributed by atoms with Crippen LogP contribution in [0.15, 0.2) is 16.8 Å². The van der Waals surface area contributed by atoms with Gasteiger partial charge in [-0.15, -0.1) is 0 Å². The molecule has 0 spiro atoms. The zero-order valence-corrected chi connectivity index (χ0v) is 27.5. The van der Waals surface area contributed by atoms with E-state index >= 15 is 0 Å². The van der Waals surface area contributed by atoms with Crippen LogP contribution in [0, 0.1) is 46.3 Å². The lowest BCUT2D eigenvalue weighted by atomic mass is 9.46. The lowest BCUT2D eigenvalue weighted by molar-refractivity contribution is -0.0215. The average molecular weight is 568 g/mol. The number of nitrogens with zero attached hydrogens (tertiary/aromatic N) is 1. The zero-order chi connectivity index (χ0) is 28.3. The normalized spacial score (nSPS) is 38.5. The molecular weight excluding hydrogens is 506 g/mol. The third-order valence-corrected chi connectivity index (χ3v) is 13.0. The van der Waals surface area contributed by atoms with E-state index in [1.165, 1.54) is 121 Å². The molecule has 0 unspecified atom stereocenters. The van der Waals surface area contributed by atoms with Gasteiger partial charge in [0.15, 0.2) is 5.11 Å². The molecule has 0 heterocycles. The lowest BCUT2D eigenvalue weighted by Gasteiger charge is -2.58. The minimum absolute atomic E-state index is 0.377. The second kappa shape index (κ2) is 13.2. The van der Waals surface area contributed by atoms with Crippen LogP contribution in [0.2, 0.25) is 0 Å². The van der Waals surface area contributed by atoms with Gasteiger partial charge in [0, 0.05) is 12.0 Å². The molecule has 0 saturated heterocycles. The van der Waals surface area contributed by atoms with E-state index in [2.05, 4.69) is 51.4 Å². The first kappa shape index (κ1) is 30.6. The minimum Gasteiger partial charge on any atom is -0.359 e. The molecule has 40 heavy (non-hydrogen) atoms. The maximum atomic E-state index is 5.84. The Hall–Kier alpha value is -0.900. The Kier molecular flexibility index (Phi) is 10.1. The van der Waals surface area contributed by atoms with E-state index in [0.717, 1.165) is 34.7 Å². The molecule has 7 atom stereocenters. The quantitative estimate of drug-likeness (QED) is 0.237. The molecule has 0 bridgehead atoms. The number of hydrogen-bond donors (Lipinski definition) is 2. The first-order valence-corrected chi connectivity index (χ1v) is 18.0. The van der Waals surface area contributed by atoms with Crippen molar-refractivity contribution in [3.63, 3.8) is 0 Å². The smallest absolute Gasteiger partial charge is 0.187 e. The maximum Gasteiger partial charge on any atom is 0.187 e. The topological polar surface area (TPSA) is 36.4 Å². The van der Waals surface area contributed by atoms with Gasteiger partial charge >= 0.3 is 0 Å². The van der Waals surface area contributed by atoms with Crippen LogP contribution in [0.4, 0.5) is 0 Å². The Labute approximate surface area is 252 Å². The van der Waals surface area contributed by atoms with E-state index < -0.39 is 0 Å². The van der Waals surface area contributed by atoms with Crippen molar-refractivity contribution in [1.82, 2.24) is 10.7 Å². The Morgan fingerprint density at radius 1 is 0.900 bits per heavy atom. The lowest BCUT2D eigenvalue weighted by Crippen LogP contribution is -2.53. The summed E-state index contributed by atoms with van der Waals surface area (Å²) in [6, 6.07) is 0.505. The Balaban J connectivity index is 1.35. The van der Waals surface area contributed by atoms with Gasteiger partial charge in [-0.3, -0.25) is 5.43 Å². The maximum absolute atomic E-state index is 5.84. The minimum atomic E-state index is 0.377. The molecule has 3 nitrogen and oxygen atoms in total. The largest absolute Gasteiger partial charge is 0.359 e. The van der Waals surface area contributed by atoms with Gasteiger partial charge in [0.25, 0.3) is 0 Å². The molecule has 5 aliphatic carbocycles. The molecule has 5 rings (SSSR count). The number of hydrazone groups is 1. The number of rotatable bonds is 7. The van der Waals surface area contributed by atoms with Gasteiger partial charge in [0.05, 0.1) is 5.71 Å². The van der Waals surface area contributed by atoms with Crippen molar-refractivity contribution < 1.29 is 0 Å². The fraction of sp³-hybridized carbons (Fsp3) is 0.889. The van der Waals surface area contributed by atoms with Crippen LogP contribution < -0.4 is 10.7 Å². The van der Waals surface area contributed by atoms with Gasteiger partial charge in [-0.25, -0.2) is 0 Å². The molecule has 0 amide bonds. The number of thiocarbonyl (C=S) groups is 1. The number of allylic oxidation sites excluding steroid dienone is 2. The van der Waals surface area contributed by atoms with Crippen molar-refractivity contribution in [2.45, 2.75) is 156 Å². The predicted molar refractivity (Wildman–Crippen MR) is 175 cm³/mol. The van der Waals surface area contributed by atoms with Crippen molar-refractivity contribution >= 4 is 23.0 Å². The first-order valence-electron chi connectivity index (χ1n) is 17.6.